The molecule has 3 rings (SSSR count). The Morgan fingerprint density at radius 3 is 2.88 bits per heavy atom. The van der Waals surface area contributed by atoms with E-state index in [4.69, 9.17) is 4.42 Å². The van der Waals surface area contributed by atoms with E-state index in [1.165, 1.54) is 12.8 Å². The Morgan fingerprint density at radius 1 is 1.42 bits per heavy atom. The van der Waals surface area contributed by atoms with Gasteiger partial charge in [-0.05, 0) is 56.0 Å². The van der Waals surface area contributed by atoms with Crippen molar-refractivity contribution in [2.75, 3.05) is 18.4 Å². The number of aryl methyl sites for hydroxylation is 1. The van der Waals surface area contributed by atoms with Crippen molar-refractivity contribution < 1.29 is 9.21 Å². The Bertz CT molecular complexity index is 680. The number of rotatable bonds is 5. The molecule has 1 aliphatic heterocycles. The van der Waals surface area contributed by atoms with Gasteiger partial charge in [0.15, 0.2) is 11.5 Å². The van der Waals surface area contributed by atoms with Crippen LogP contribution in [0.15, 0.2) is 22.6 Å². The van der Waals surface area contributed by atoms with Gasteiger partial charge in [-0.1, -0.05) is 13.8 Å². The van der Waals surface area contributed by atoms with Gasteiger partial charge in [0.05, 0.1) is 0 Å². The minimum atomic E-state index is 0. The number of hydrogen-bond donors (Lipinski definition) is 2. The van der Waals surface area contributed by atoms with Crippen molar-refractivity contribution in [1.29, 1.82) is 0 Å². The quantitative estimate of drug-likeness (QED) is 0.860. The molecule has 1 amide bonds. The van der Waals surface area contributed by atoms with Crippen LogP contribution >= 0.6 is 12.4 Å². The molecule has 6 heteroatoms. The number of anilines is 1. The Kier molecular flexibility index (Phi) is 6.63. The summed E-state index contributed by atoms with van der Waals surface area (Å²) in [6.07, 6.45) is 3.67. The predicted molar refractivity (Wildman–Crippen MR) is 98.6 cm³/mol. The van der Waals surface area contributed by atoms with Crippen molar-refractivity contribution in [2.24, 2.45) is 11.8 Å². The number of nitrogens with one attached hydrogen (secondary N) is 2. The van der Waals surface area contributed by atoms with Crippen molar-refractivity contribution in [2.45, 2.75) is 39.5 Å². The average molecular weight is 352 g/mol. The van der Waals surface area contributed by atoms with Crippen molar-refractivity contribution in [3.8, 4) is 0 Å². The van der Waals surface area contributed by atoms with Crippen LogP contribution in [0.4, 0.5) is 5.69 Å². The van der Waals surface area contributed by atoms with Gasteiger partial charge < -0.3 is 15.1 Å². The summed E-state index contributed by atoms with van der Waals surface area (Å²) in [4.78, 5) is 16.7. The Morgan fingerprint density at radius 2 is 2.17 bits per heavy atom. The van der Waals surface area contributed by atoms with E-state index in [1.807, 2.05) is 25.1 Å². The largest absolute Gasteiger partial charge is 0.441 e. The maximum absolute atomic E-state index is 12.3. The highest BCUT2D eigenvalue weighted by molar-refractivity contribution is 5.92. The summed E-state index contributed by atoms with van der Waals surface area (Å²) in [5.74, 6) is 1.87. The lowest BCUT2D eigenvalue weighted by Crippen LogP contribution is -2.32. The molecule has 1 saturated heterocycles. The highest BCUT2D eigenvalue weighted by Crippen LogP contribution is 2.25. The molecule has 5 nitrogen and oxygen atoms in total. The molecule has 2 aromatic rings. The Labute approximate surface area is 149 Å². The number of carbonyl (C=O) groups excluding carboxylic acids is 1. The maximum Gasteiger partial charge on any atom is 0.224 e. The molecule has 2 heterocycles. The van der Waals surface area contributed by atoms with Crippen LogP contribution in [0, 0.1) is 11.8 Å². The first-order chi connectivity index (χ1) is 11.2. The number of aromatic nitrogens is 1. The maximum atomic E-state index is 12.3. The van der Waals surface area contributed by atoms with Crippen LogP contribution in [-0.4, -0.2) is 24.0 Å². The minimum Gasteiger partial charge on any atom is -0.441 e. The molecule has 0 bridgehead atoms. The molecule has 0 radical (unpaired) electrons. The molecule has 0 spiro atoms. The van der Waals surface area contributed by atoms with E-state index in [9.17, 15) is 4.79 Å². The van der Waals surface area contributed by atoms with Crippen molar-refractivity contribution in [3.05, 3.63) is 24.1 Å². The predicted octanol–water partition coefficient (Wildman–Crippen LogP) is 3.78. The fraction of sp³-hybridized carbons (Fsp3) is 0.556. The lowest BCUT2D eigenvalue weighted by Gasteiger charge is -2.27. The minimum absolute atomic E-state index is 0. The highest BCUT2D eigenvalue weighted by Gasteiger charge is 2.22. The molecule has 24 heavy (non-hydrogen) atoms. The number of carbonyl (C=O) groups is 1. The van der Waals surface area contributed by atoms with Crippen molar-refractivity contribution in [1.82, 2.24) is 10.3 Å². The number of amides is 1. The van der Waals surface area contributed by atoms with Gasteiger partial charge in [-0.2, -0.15) is 0 Å². The lowest BCUT2D eigenvalue weighted by atomic mass is 9.84. The molecular formula is C18H26ClN3O2. The zero-order chi connectivity index (χ0) is 16.2. The molecule has 1 aliphatic rings. The smallest absolute Gasteiger partial charge is 0.224 e. The third kappa shape index (κ3) is 4.48. The van der Waals surface area contributed by atoms with Gasteiger partial charge in [0.1, 0.15) is 5.52 Å². The van der Waals surface area contributed by atoms with Crippen LogP contribution < -0.4 is 10.6 Å². The van der Waals surface area contributed by atoms with E-state index in [1.54, 1.807) is 0 Å². The molecule has 1 aromatic heterocycles. The highest BCUT2D eigenvalue weighted by atomic mass is 35.5. The zero-order valence-electron chi connectivity index (χ0n) is 14.3. The molecule has 1 unspecified atom stereocenters. The Balaban J connectivity index is 0.00000208. The van der Waals surface area contributed by atoms with E-state index in [-0.39, 0.29) is 18.3 Å². The number of fused-ring (bicyclic) bond motifs is 1. The third-order valence-corrected chi connectivity index (χ3v) is 4.71. The molecule has 132 valence electrons. The van der Waals surface area contributed by atoms with Gasteiger partial charge in [-0.3, -0.25) is 4.79 Å². The van der Waals surface area contributed by atoms with Crippen LogP contribution in [0.2, 0.25) is 0 Å². The standard InChI is InChI=1S/C18H25N3O2.ClH/c1-3-18-21-15-11-14(4-5-16(15)23-18)20-17(22)10-12(2)13-6-8-19-9-7-13;/h4-5,11-13,19H,3,6-10H2,1-2H3,(H,20,22);1H. The molecular weight excluding hydrogens is 326 g/mol. The topological polar surface area (TPSA) is 67.2 Å². The number of nitrogens with zero attached hydrogens (tertiary/aromatic N) is 1. The average Bonchev–Trinajstić information content (AvgIpc) is 2.98. The molecule has 0 aliphatic carbocycles. The molecule has 1 fully saturated rings. The fourth-order valence-corrected chi connectivity index (χ4v) is 3.29. The van der Waals surface area contributed by atoms with Gasteiger partial charge in [0.25, 0.3) is 0 Å². The molecule has 0 saturated carbocycles. The fourth-order valence-electron chi connectivity index (χ4n) is 3.29. The second kappa shape index (κ2) is 8.49. The second-order valence-corrected chi connectivity index (χ2v) is 6.46. The van der Waals surface area contributed by atoms with Gasteiger partial charge in [0.2, 0.25) is 5.91 Å². The SMILES string of the molecule is CCc1nc2cc(NC(=O)CC(C)C3CCNCC3)ccc2o1.Cl. The van der Waals surface area contributed by atoms with E-state index in [0.717, 1.165) is 42.2 Å². The monoisotopic (exact) mass is 351 g/mol. The van der Waals surface area contributed by atoms with E-state index in [0.29, 0.717) is 18.3 Å². The summed E-state index contributed by atoms with van der Waals surface area (Å²) < 4.78 is 5.59. The van der Waals surface area contributed by atoms with E-state index in [2.05, 4.69) is 22.5 Å². The van der Waals surface area contributed by atoms with E-state index >= 15 is 0 Å². The summed E-state index contributed by atoms with van der Waals surface area (Å²) in [5.41, 5.74) is 2.35. The third-order valence-electron chi connectivity index (χ3n) is 4.71. The lowest BCUT2D eigenvalue weighted by molar-refractivity contribution is -0.117. The number of hydrogen-bond acceptors (Lipinski definition) is 4. The van der Waals surface area contributed by atoms with Gasteiger partial charge >= 0.3 is 0 Å². The summed E-state index contributed by atoms with van der Waals surface area (Å²) in [6.45, 7) is 6.33. The van der Waals surface area contributed by atoms with Gasteiger partial charge in [-0.15, -0.1) is 12.4 Å². The summed E-state index contributed by atoms with van der Waals surface area (Å²) in [5, 5.41) is 6.37. The van der Waals surface area contributed by atoms with Crippen LogP contribution in [0.25, 0.3) is 11.1 Å². The zero-order valence-corrected chi connectivity index (χ0v) is 15.1. The Hall–Kier alpha value is -1.59. The van der Waals surface area contributed by atoms with Crippen LogP contribution in [0.3, 0.4) is 0 Å². The normalized spacial score (nSPS) is 16.6. The van der Waals surface area contributed by atoms with Crippen molar-refractivity contribution in [3.63, 3.8) is 0 Å². The summed E-state index contributed by atoms with van der Waals surface area (Å²) >= 11 is 0. The molecule has 1 atom stereocenters. The molecule has 2 N–H and O–H groups in total. The van der Waals surface area contributed by atoms with Crippen molar-refractivity contribution >= 4 is 35.1 Å². The molecule has 1 aromatic carbocycles. The number of halogens is 1. The van der Waals surface area contributed by atoms with E-state index < -0.39 is 0 Å². The first-order valence-electron chi connectivity index (χ1n) is 8.55. The van der Waals surface area contributed by atoms with Crippen LogP contribution in [-0.2, 0) is 11.2 Å². The number of benzene rings is 1. The van der Waals surface area contributed by atoms with Crippen LogP contribution in [0.1, 0.15) is 39.0 Å². The summed E-state index contributed by atoms with van der Waals surface area (Å²) in [6, 6.07) is 5.62. The number of piperidine rings is 1. The first-order valence-corrected chi connectivity index (χ1v) is 8.55. The summed E-state index contributed by atoms with van der Waals surface area (Å²) in [7, 11) is 0. The van der Waals surface area contributed by atoms with Gasteiger partial charge in [-0.25, -0.2) is 4.98 Å². The first kappa shape index (κ1) is 18.7. The van der Waals surface area contributed by atoms with Gasteiger partial charge in [0, 0.05) is 18.5 Å². The van der Waals surface area contributed by atoms with Crippen LogP contribution in [0.5, 0.6) is 0 Å². The second-order valence-electron chi connectivity index (χ2n) is 6.46. The number of oxazole rings is 1.